The van der Waals surface area contributed by atoms with Crippen molar-refractivity contribution in [1.82, 2.24) is 0 Å². The maximum atomic E-state index is 9.79. The van der Waals surface area contributed by atoms with Crippen molar-refractivity contribution >= 4 is 0 Å². The Morgan fingerprint density at radius 3 is 2.81 bits per heavy atom. The van der Waals surface area contributed by atoms with E-state index < -0.39 is 0 Å². The molecule has 0 spiro atoms. The van der Waals surface area contributed by atoms with Gasteiger partial charge in [-0.15, -0.1) is 6.58 Å². The third-order valence-electron chi connectivity index (χ3n) is 2.94. The highest BCUT2D eigenvalue weighted by atomic mass is 16.3. The maximum absolute atomic E-state index is 9.79. The SMILES string of the molecule is C=CCC(CCC)Cc1cc(C)ccc1O. The second-order valence-electron chi connectivity index (χ2n) is 4.52. The summed E-state index contributed by atoms with van der Waals surface area (Å²) >= 11 is 0. The predicted molar refractivity (Wildman–Crippen MR) is 69.8 cm³/mol. The highest BCUT2D eigenvalue weighted by Crippen LogP contribution is 2.25. The topological polar surface area (TPSA) is 20.2 Å². The standard InChI is InChI=1S/C15H22O/c1-4-6-13(7-5-2)11-14-10-12(3)8-9-15(14)16/h4,8-10,13,16H,1,5-7,11H2,2-3H3. The number of aryl methyl sites for hydroxylation is 1. The largest absolute Gasteiger partial charge is 0.508 e. The van der Waals surface area contributed by atoms with Gasteiger partial charge in [-0.25, -0.2) is 0 Å². The van der Waals surface area contributed by atoms with E-state index in [0.717, 1.165) is 18.4 Å². The molecule has 0 aliphatic heterocycles. The fourth-order valence-electron chi connectivity index (χ4n) is 2.14. The highest BCUT2D eigenvalue weighted by molar-refractivity contribution is 5.35. The molecule has 16 heavy (non-hydrogen) atoms. The van der Waals surface area contributed by atoms with Gasteiger partial charge >= 0.3 is 0 Å². The quantitative estimate of drug-likeness (QED) is 0.708. The lowest BCUT2D eigenvalue weighted by atomic mass is 9.91. The first-order valence-corrected chi connectivity index (χ1v) is 6.06. The number of phenolic OH excluding ortho intramolecular Hbond substituents is 1. The van der Waals surface area contributed by atoms with Crippen molar-refractivity contribution in [2.45, 2.75) is 39.5 Å². The Labute approximate surface area is 98.8 Å². The van der Waals surface area contributed by atoms with E-state index in [2.05, 4.69) is 26.5 Å². The van der Waals surface area contributed by atoms with Gasteiger partial charge in [-0.05, 0) is 37.3 Å². The summed E-state index contributed by atoms with van der Waals surface area (Å²) in [5.74, 6) is 1.03. The summed E-state index contributed by atoms with van der Waals surface area (Å²) in [7, 11) is 0. The van der Waals surface area contributed by atoms with Crippen molar-refractivity contribution in [2.24, 2.45) is 5.92 Å². The maximum Gasteiger partial charge on any atom is 0.118 e. The molecule has 0 aliphatic carbocycles. The molecule has 0 aromatic heterocycles. The first kappa shape index (κ1) is 12.8. The summed E-state index contributed by atoms with van der Waals surface area (Å²) in [5, 5.41) is 9.79. The van der Waals surface area contributed by atoms with E-state index >= 15 is 0 Å². The molecular weight excluding hydrogens is 196 g/mol. The van der Waals surface area contributed by atoms with Gasteiger partial charge in [-0.3, -0.25) is 0 Å². The number of allylic oxidation sites excluding steroid dienone is 1. The van der Waals surface area contributed by atoms with Gasteiger partial charge in [-0.2, -0.15) is 0 Å². The van der Waals surface area contributed by atoms with Crippen LogP contribution in [0.2, 0.25) is 0 Å². The average molecular weight is 218 g/mol. The summed E-state index contributed by atoms with van der Waals surface area (Å²) in [6.45, 7) is 8.06. The number of phenols is 1. The number of aromatic hydroxyl groups is 1. The van der Waals surface area contributed by atoms with E-state index in [1.807, 2.05) is 12.1 Å². The number of benzene rings is 1. The minimum atomic E-state index is 0.427. The molecule has 1 aromatic carbocycles. The normalized spacial score (nSPS) is 12.4. The van der Waals surface area contributed by atoms with E-state index in [1.165, 1.54) is 18.4 Å². The van der Waals surface area contributed by atoms with E-state index in [4.69, 9.17) is 0 Å². The van der Waals surface area contributed by atoms with Crippen LogP contribution in [-0.2, 0) is 6.42 Å². The van der Waals surface area contributed by atoms with Gasteiger partial charge in [0, 0.05) is 0 Å². The highest BCUT2D eigenvalue weighted by Gasteiger charge is 2.10. The van der Waals surface area contributed by atoms with Crippen LogP contribution < -0.4 is 0 Å². The molecule has 0 aliphatic rings. The first-order valence-electron chi connectivity index (χ1n) is 6.06. The molecule has 1 rings (SSSR count). The second kappa shape index (κ2) is 6.37. The van der Waals surface area contributed by atoms with Crippen LogP contribution in [-0.4, -0.2) is 5.11 Å². The van der Waals surface area contributed by atoms with Gasteiger partial charge in [0.25, 0.3) is 0 Å². The summed E-state index contributed by atoms with van der Waals surface area (Å²) in [6.07, 6.45) is 6.34. The van der Waals surface area contributed by atoms with Crippen LogP contribution in [0.4, 0.5) is 0 Å². The van der Waals surface area contributed by atoms with Crippen molar-refractivity contribution in [2.75, 3.05) is 0 Å². The third kappa shape index (κ3) is 3.73. The molecular formula is C15H22O. The fraction of sp³-hybridized carbons (Fsp3) is 0.467. The summed E-state index contributed by atoms with van der Waals surface area (Å²) in [6, 6.07) is 5.82. The van der Waals surface area contributed by atoms with E-state index in [0.29, 0.717) is 11.7 Å². The zero-order valence-corrected chi connectivity index (χ0v) is 10.4. The van der Waals surface area contributed by atoms with Crippen molar-refractivity contribution < 1.29 is 5.11 Å². The first-order chi connectivity index (χ1) is 7.67. The molecule has 1 N–H and O–H groups in total. The molecule has 0 radical (unpaired) electrons. The van der Waals surface area contributed by atoms with Crippen LogP contribution in [0.25, 0.3) is 0 Å². The fourth-order valence-corrected chi connectivity index (χ4v) is 2.14. The van der Waals surface area contributed by atoms with Gasteiger partial charge in [0.1, 0.15) is 5.75 Å². The lowest BCUT2D eigenvalue weighted by Gasteiger charge is -2.15. The van der Waals surface area contributed by atoms with Gasteiger partial charge < -0.3 is 5.11 Å². The Kier molecular flexibility index (Phi) is 5.10. The molecule has 1 nitrogen and oxygen atoms in total. The van der Waals surface area contributed by atoms with E-state index in [1.54, 1.807) is 6.07 Å². The van der Waals surface area contributed by atoms with Crippen molar-refractivity contribution in [3.8, 4) is 5.75 Å². The Morgan fingerprint density at radius 1 is 1.44 bits per heavy atom. The van der Waals surface area contributed by atoms with E-state index in [9.17, 15) is 5.11 Å². The van der Waals surface area contributed by atoms with Crippen LogP contribution in [0.5, 0.6) is 5.75 Å². The molecule has 0 saturated heterocycles. The van der Waals surface area contributed by atoms with Crippen molar-refractivity contribution in [3.05, 3.63) is 42.0 Å². The molecule has 0 bridgehead atoms. The predicted octanol–water partition coefficient (Wildman–Crippen LogP) is 4.24. The molecule has 0 fully saturated rings. The molecule has 0 saturated carbocycles. The summed E-state index contributed by atoms with van der Waals surface area (Å²) in [5.41, 5.74) is 2.28. The molecule has 0 heterocycles. The number of rotatable bonds is 6. The smallest absolute Gasteiger partial charge is 0.118 e. The van der Waals surface area contributed by atoms with Crippen molar-refractivity contribution in [1.29, 1.82) is 0 Å². The monoisotopic (exact) mass is 218 g/mol. The molecule has 1 heteroatoms. The third-order valence-corrected chi connectivity index (χ3v) is 2.94. The average Bonchev–Trinajstić information content (AvgIpc) is 2.24. The van der Waals surface area contributed by atoms with Gasteiger partial charge in [0.15, 0.2) is 0 Å². The number of hydrogen-bond acceptors (Lipinski definition) is 1. The van der Waals surface area contributed by atoms with Crippen LogP contribution in [0.3, 0.4) is 0 Å². The van der Waals surface area contributed by atoms with Crippen LogP contribution in [0, 0.1) is 12.8 Å². The Balaban J connectivity index is 2.75. The minimum Gasteiger partial charge on any atom is -0.508 e. The van der Waals surface area contributed by atoms with Gasteiger partial charge in [-0.1, -0.05) is 43.5 Å². The van der Waals surface area contributed by atoms with Crippen molar-refractivity contribution in [3.63, 3.8) is 0 Å². The minimum absolute atomic E-state index is 0.427. The lowest BCUT2D eigenvalue weighted by Crippen LogP contribution is -2.03. The molecule has 1 atom stereocenters. The summed E-state index contributed by atoms with van der Waals surface area (Å²) < 4.78 is 0. The summed E-state index contributed by atoms with van der Waals surface area (Å²) in [4.78, 5) is 0. The second-order valence-corrected chi connectivity index (χ2v) is 4.52. The van der Waals surface area contributed by atoms with Crippen LogP contribution in [0.15, 0.2) is 30.9 Å². The van der Waals surface area contributed by atoms with E-state index in [-0.39, 0.29) is 0 Å². The lowest BCUT2D eigenvalue weighted by molar-refractivity contribution is 0.442. The number of hydrogen-bond donors (Lipinski definition) is 1. The molecule has 0 amide bonds. The molecule has 1 aromatic rings. The Bertz CT molecular complexity index is 341. The van der Waals surface area contributed by atoms with Gasteiger partial charge in [0.2, 0.25) is 0 Å². The zero-order chi connectivity index (χ0) is 12.0. The van der Waals surface area contributed by atoms with Crippen LogP contribution >= 0.6 is 0 Å². The molecule has 1 unspecified atom stereocenters. The Hall–Kier alpha value is -1.24. The van der Waals surface area contributed by atoms with Gasteiger partial charge in [0.05, 0.1) is 0 Å². The molecule has 88 valence electrons. The van der Waals surface area contributed by atoms with Crippen LogP contribution in [0.1, 0.15) is 37.3 Å². The Morgan fingerprint density at radius 2 is 2.19 bits per heavy atom. The zero-order valence-electron chi connectivity index (χ0n) is 10.4.